The van der Waals surface area contributed by atoms with Gasteiger partial charge in [-0.05, 0) is 49.6 Å². The van der Waals surface area contributed by atoms with Gasteiger partial charge in [0.05, 0.1) is 6.26 Å². The molecule has 1 aromatic carbocycles. The molecule has 3 N–H and O–H groups in total. The van der Waals surface area contributed by atoms with Gasteiger partial charge >= 0.3 is 0 Å². The molecule has 0 bridgehead atoms. The average Bonchev–Trinajstić information content (AvgIpc) is 3.33. The quantitative estimate of drug-likeness (QED) is 0.634. The highest BCUT2D eigenvalue weighted by atomic mass is 16.3. The van der Waals surface area contributed by atoms with Crippen LogP contribution < -0.4 is 16.0 Å². The summed E-state index contributed by atoms with van der Waals surface area (Å²) in [6, 6.07) is 10.3. The standard InChI is InChI=1S/C19H21N3O4/c23-17(7-2-10-20-19(25)16-6-3-11-26-16)21-14-4-1-5-15(12-14)22-18(24)13-8-9-13/h1,3-6,11-13H,2,7-10H2,(H,20,25)(H,21,23)(H,22,24). The smallest absolute Gasteiger partial charge is 0.286 e. The largest absolute Gasteiger partial charge is 0.459 e. The van der Waals surface area contributed by atoms with Gasteiger partial charge in [0, 0.05) is 30.3 Å². The van der Waals surface area contributed by atoms with E-state index in [1.807, 2.05) is 0 Å². The van der Waals surface area contributed by atoms with Crippen LogP contribution in [0, 0.1) is 5.92 Å². The van der Waals surface area contributed by atoms with Crippen LogP contribution in [0.25, 0.3) is 0 Å². The Bertz CT molecular complexity index is 782. The van der Waals surface area contributed by atoms with E-state index in [0.29, 0.717) is 24.3 Å². The molecule has 3 amide bonds. The molecule has 1 heterocycles. The highest BCUT2D eigenvalue weighted by Gasteiger charge is 2.29. The molecule has 26 heavy (non-hydrogen) atoms. The fraction of sp³-hybridized carbons (Fsp3) is 0.316. The van der Waals surface area contributed by atoms with Crippen molar-refractivity contribution >= 4 is 29.1 Å². The second-order valence-corrected chi connectivity index (χ2v) is 6.23. The SMILES string of the molecule is O=C(CCCNC(=O)c1ccco1)Nc1cccc(NC(=O)C2CC2)c1. The third-order valence-electron chi connectivity index (χ3n) is 3.97. The first-order valence-corrected chi connectivity index (χ1v) is 8.64. The van der Waals surface area contributed by atoms with Crippen LogP contribution in [0.2, 0.25) is 0 Å². The third kappa shape index (κ3) is 5.20. The minimum absolute atomic E-state index is 0.0285. The van der Waals surface area contributed by atoms with Crippen LogP contribution in [-0.4, -0.2) is 24.3 Å². The molecule has 1 aliphatic rings. The number of carbonyl (C=O) groups is 3. The van der Waals surface area contributed by atoms with Crippen molar-refractivity contribution in [3.05, 3.63) is 48.4 Å². The van der Waals surface area contributed by atoms with E-state index >= 15 is 0 Å². The molecule has 0 saturated heterocycles. The number of hydrogen-bond acceptors (Lipinski definition) is 4. The lowest BCUT2D eigenvalue weighted by Crippen LogP contribution is -2.25. The fourth-order valence-corrected chi connectivity index (χ4v) is 2.43. The first-order valence-electron chi connectivity index (χ1n) is 8.64. The zero-order valence-corrected chi connectivity index (χ0v) is 14.3. The Morgan fingerprint density at radius 2 is 1.81 bits per heavy atom. The molecule has 7 heteroatoms. The number of amides is 3. The van der Waals surface area contributed by atoms with E-state index in [1.165, 1.54) is 6.26 Å². The van der Waals surface area contributed by atoms with E-state index in [1.54, 1.807) is 36.4 Å². The normalized spacial score (nSPS) is 13.1. The van der Waals surface area contributed by atoms with Crippen molar-refractivity contribution in [2.75, 3.05) is 17.2 Å². The number of nitrogens with one attached hydrogen (secondary N) is 3. The second kappa shape index (κ2) is 8.33. The van der Waals surface area contributed by atoms with Crippen molar-refractivity contribution in [1.82, 2.24) is 5.32 Å². The Morgan fingerprint density at radius 3 is 2.50 bits per heavy atom. The maximum absolute atomic E-state index is 12.0. The molecule has 0 aliphatic heterocycles. The molecule has 1 fully saturated rings. The monoisotopic (exact) mass is 355 g/mol. The minimum atomic E-state index is -0.297. The van der Waals surface area contributed by atoms with Crippen molar-refractivity contribution in [3.63, 3.8) is 0 Å². The summed E-state index contributed by atoms with van der Waals surface area (Å²) in [5.41, 5.74) is 1.30. The number of anilines is 2. The molecule has 1 saturated carbocycles. The maximum atomic E-state index is 12.0. The Balaban J connectivity index is 1.39. The number of benzene rings is 1. The van der Waals surface area contributed by atoms with Gasteiger partial charge in [-0.3, -0.25) is 14.4 Å². The van der Waals surface area contributed by atoms with Crippen LogP contribution in [0.3, 0.4) is 0 Å². The van der Waals surface area contributed by atoms with Crippen molar-refractivity contribution < 1.29 is 18.8 Å². The highest BCUT2D eigenvalue weighted by molar-refractivity contribution is 5.96. The molecule has 0 atom stereocenters. The van der Waals surface area contributed by atoms with Crippen LogP contribution in [0.1, 0.15) is 36.2 Å². The third-order valence-corrected chi connectivity index (χ3v) is 3.97. The molecular weight excluding hydrogens is 334 g/mol. The van der Waals surface area contributed by atoms with Gasteiger partial charge < -0.3 is 20.4 Å². The molecular formula is C19H21N3O4. The van der Waals surface area contributed by atoms with E-state index in [0.717, 1.165) is 12.8 Å². The van der Waals surface area contributed by atoms with Crippen molar-refractivity contribution in [1.29, 1.82) is 0 Å². The predicted molar refractivity (Wildman–Crippen MR) is 96.7 cm³/mol. The lowest BCUT2D eigenvalue weighted by molar-refractivity contribution is -0.117. The van der Waals surface area contributed by atoms with Crippen LogP contribution in [0.4, 0.5) is 11.4 Å². The number of hydrogen-bond donors (Lipinski definition) is 3. The van der Waals surface area contributed by atoms with Crippen LogP contribution >= 0.6 is 0 Å². The molecule has 2 aromatic rings. The maximum Gasteiger partial charge on any atom is 0.286 e. The summed E-state index contributed by atoms with van der Waals surface area (Å²) in [6.45, 7) is 0.379. The Morgan fingerprint density at radius 1 is 1.04 bits per heavy atom. The van der Waals surface area contributed by atoms with Crippen molar-refractivity contribution in [2.24, 2.45) is 5.92 Å². The number of furan rings is 1. The summed E-state index contributed by atoms with van der Waals surface area (Å²) < 4.78 is 4.99. The van der Waals surface area contributed by atoms with E-state index in [9.17, 15) is 14.4 Å². The van der Waals surface area contributed by atoms with Gasteiger partial charge in [-0.2, -0.15) is 0 Å². The Hall–Kier alpha value is -3.09. The zero-order valence-electron chi connectivity index (χ0n) is 14.3. The van der Waals surface area contributed by atoms with E-state index in [4.69, 9.17) is 4.42 Å². The van der Waals surface area contributed by atoms with Gasteiger partial charge in [-0.25, -0.2) is 0 Å². The van der Waals surface area contributed by atoms with E-state index in [2.05, 4.69) is 16.0 Å². The molecule has 0 unspecified atom stereocenters. The topological polar surface area (TPSA) is 100 Å². The molecule has 1 aliphatic carbocycles. The Labute approximate surface area is 151 Å². The molecule has 0 radical (unpaired) electrons. The minimum Gasteiger partial charge on any atom is -0.459 e. The molecule has 7 nitrogen and oxygen atoms in total. The summed E-state index contributed by atoms with van der Waals surface area (Å²) in [6.07, 6.45) is 4.11. The average molecular weight is 355 g/mol. The summed E-state index contributed by atoms with van der Waals surface area (Å²) in [4.78, 5) is 35.5. The van der Waals surface area contributed by atoms with Gasteiger partial charge in [-0.15, -0.1) is 0 Å². The van der Waals surface area contributed by atoms with E-state index < -0.39 is 0 Å². The van der Waals surface area contributed by atoms with Crippen LogP contribution in [-0.2, 0) is 9.59 Å². The first kappa shape index (κ1) is 17.7. The predicted octanol–water partition coefficient (Wildman–Crippen LogP) is 2.78. The summed E-state index contributed by atoms with van der Waals surface area (Å²) in [7, 11) is 0. The fourth-order valence-electron chi connectivity index (χ4n) is 2.43. The van der Waals surface area contributed by atoms with Crippen LogP contribution in [0.5, 0.6) is 0 Å². The van der Waals surface area contributed by atoms with Gasteiger partial charge in [0.1, 0.15) is 0 Å². The van der Waals surface area contributed by atoms with E-state index in [-0.39, 0.29) is 35.8 Å². The first-order chi connectivity index (χ1) is 12.6. The van der Waals surface area contributed by atoms with Crippen LogP contribution in [0.15, 0.2) is 47.1 Å². The molecule has 3 rings (SSSR count). The summed E-state index contributed by atoms with van der Waals surface area (Å²) >= 11 is 0. The second-order valence-electron chi connectivity index (χ2n) is 6.23. The lowest BCUT2D eigenvalue weighted by Gasteiger charge is -2.09. The summed E-state index contributed by atoms with van der Waals surface area (Å²) in [5.74, 6) is -0.0395. The molecule has 0 spiro atoms. The van der Waals surface area contributed by atoms with Crippen molar-refractivity contribution in [3.8, 4) is 0 Å². The van der Waals surface area contributed by atoms with Gasteiger partial charge in [0.2, 0.25) is 11.8 Å². The zero-order chi connectivity index (χ0) is 18.4. The Kier molecular flexibility index (Phi) is 5.68. The molecule has 136 valence electrons. The van der Waals surface area contributed by atoms with Gasteiger partial charge in [0.15, 0.2) is 5.76 Å². The highest BCUT2D eigenvalue weighted by Crippen LogP contribution is 2.30. The van der Waals surface area contributed by atoms with Crippen molar-refractivity contribution in [2.45, 2.75) is 25.7 Å². The molecule has 1 aromatic heterocycles. The van der Waals surface area contributed by atoms with Gasteiger partial charge in [-0.1, -0.05) is 6.07 Å². The number of carbonyl (C=O) groups excluding carboxylic acids is 3. The summed E-state index contributed by atoms with van der Waals surface area (Å²) in [5, 5.41) is 8.33. The van der Waals surface area contributed by atoms with Gasteiger partial charge in [0.25, 0.3) is 5.91 Å². The lowest BCUT2D eigenvalue weighted by atomic mass is 10.2. The number of rotatable bonds is 8.